The molecule has 1 N–H and O–H groups in total. The molecule has 4 nitrogen and oxygen atoms in total. The van der Waals surface area contributed by atoms with Gasteiger partial charge in [-0.15, -0.1) is 0 Å². The molecule has 128 valence electrons. The van der Waals surface area contributed by atoms with Crippen molar-refractivity contribution in [2.24, 2.45) is 11.3 Å². The average Bonchev–Trinajstić information content (AvgIpc) is 3.13. The highest BCUT2D eigenvalue weighted by Gasteiger charge is 2.55. The molecule has 2 fully saturated rings. The second kappa shape index (κ2) is 5.91. The van der Waals surface area contributed by atoms with E-state index < -0.39 is 11.4 Å². The van der Waals surface area contributed by atoms with Gasteiger partial charge in [0.25, 0.3) is 0 Å². The highest BCUT2D eigenvalue weighted by atomic mass is 16.4. The van der Waals surface area contributed by atoms with Crippen LogP contribution in [-0.4, -0.2) is 35.0 Å². The standard InChI is InChI=1S/C20H25NO3/c22-18(11-15-7-3-6-14-5-1-2-9-17(14)15)21-12-16-8-4-10-20(16,13-21)19(23)24/h1-2,5,9,15-16H,3-4,6-8,10-13H2,(H,23,24)/t15?,16-,20+/m0/s1. The first kappa shape index (κ1) is 15.7. The van der Waals surface area contributed by atoms with Crippen LogP contribution in [0.3, 0.4) is 0 Å². The van der Waals surface area contributed by atoms with Gasteiger partial charge in [-0.3, -0.25) is 9.59 Å². The lowest BCUT2D eigenvalue weighted by atomic mass is 9.80. The molecule has 1 aromatic rings. The van der Waals surface area contributed by atoms with Crippen LogP contribution < -0.4 is 0 Å². The molecule has 1 saturated heterocycles. The molecule has 1 saturated carbocycles. The van der Waals surface area contributed by atoms with E-state index in [-0.39, 0.29) is 11.8 Å². The van der Waals surface area contributed by atoms with E-state index in [1.54, 1.807) is 0 Å². The van der Waals surface area contributed by atoms with Crippen molar-refractivity contribution in [2.45, 2.75) is 50.9 Å². The number of hydrogen-bond donors (Lipinski definition) is 1. The Morgan fingerprint density at radius 2 is 2.04 bits per heavy atom. The summed E-state index contributed by atoms with van der Waals surface area (Å²) < 4.78 is 0. The van der Waals surface area contributed by atoms with Crippen molar-refractivity contribution in [1.29, 1.82) is 0 Å². The number of rotatable bonds is 3. The van der Waals surface area contributed by atoms with Crippen molar-refractivity contribution in [1.82, 2.24) is 4.90 Å². The SMILES string of the molecule is O=C(CC1CCCc2ccccc21)N1C[C@@H]2CCC[C@@]2(C(=O)O)C1. The number of hydrogen-bond acceptors (Lipinski definition) is 2. The van der Waals surface area contributed by atoms with Crippen molar-refractivity contribution < 1.29 is 14.7 Å². The van der Waals surface area contributed by atoms with E-state index in [0.717, 1.165) is 38.5 Å². The van der Waals surface area contributed by atoms with Gasteiger partial charge >= 0.3 is 5.97 Å². The van der Waals surface area contributed by atoms with E-state index >= 15 is 0 Å². The minimum atomic E-state index is -0.705. The fourth-order valence-electron chi connectivity index (χ4n) is 5.24. The summed E-state index contributed by atoms with van der Waals surface area (Å²) in [6.07, 6.45) is 6.48. The zero-order valence-electron chi connectivity index (χ0n) is 14.0. The number of fused-ring (bicyclic) bond motifs is 2. The highest BCUT2D eigenvalue weighted by molar-refractivity contribution is 5.82. The fraction of sp³-hybridized carbons (Fsp3) is 0.600. The number of aliphatic carboxylic acids is 1. The molecule has 3 atom stereocenters. The second-order valence-corrected chi connectivity index (χ2v) is 7.82. The third-order valence-electron chi connectivity index (χ3n) is 6.56. The largest absolute Gasteiger partial charge is 0.481 e. The van der Waals surface area contributed by atoms with Gasteiger partial charge < -0.3 is 10.0 Å². The van der Waals surface area contributed by atoms with Gasteiger partial charge in [0.2, 0.25) is 5.91 Å². The number of likely N-dealkylation sites (tertiary alicyclic amines) is 1. The summed E-state index contributed by atoms with van der Waals surface area (Å²) >= 11 is 0. The summed E-state index contributed by atoms with van der Waals surface area (Å²) in [4.78, 5) is 26.5. The number of carboxylic acid groups (broad SMARTS) is 1. The molecule has 1 aliphatic heterocycles. The predicted octanol–water partition coefficient (Wildman–Crippen LogP) is 3.21. The highest BCUT2D eigenvalue weighted by Crippen LogP contribution is 2.49. The Labute approximate surface area is 142 Å². The Kier molecular flexibility index (Phi) is 3.86. The molecule has 1 amide bonds. The third kappa shape index (κ3) is 2.43. The molecule has 2 aliphatic carbocycles. The van der Waals surface area contributed by atoms with Gasteiger partial charge in [0.05, 0.1) is 5.41 Å². The van der Waals surface area contributed by atoms with E-state index in [9.17, 15) is 14.7 Å². The predicted molar refractivity (Wildman–Crippen MR) is 90.7 cm³/mol. The quantitative estimate of drug-likeness (QED) is 0.927. The number of benzene rings is 1. The van der Waals surface area contributed by atoms with Crippen molar-refractivity contribution in [3.63, 3.8) is 0 Å². The van der Waals surface area contributed by atoms with Crippen molar-refractivity contribution in [2.75, 3.05) is 13.1 Å². The van der Waals surface area contributed by atoms with Crippen LogP contribution >= 0.6 is 0 Å². The minimum Gasteiger partial charge on any atom is -0.481 e. The van der Waals surface area contributed by atoms with Gasteiger partial charge in [0.1, 0.15) is 0 Å². The average molecular weight is 327 g/mol. The Morgan fingerprint density at radius 3 is 2.83 bits per heavy atom. The molecule has 0 bridgehead atoms. The Bertz CT molecular complexity index is 671. The summed E-state index contributed by atoms with van der Waals surface area (Å²) in [6, 6.07) is 8.46. The second-order valence-electron chi connectivity index (χ2n) is 7.82. The molecule has 0 spiro atoms. The maximum atomic E-state index is 12.9. The van der Waals surface area contributed by atoms with Crippen molar-refractivity contribution in [3.8, 4) is 0 Å². The van der Waals surface area contributed by atoms with Crippen LogP contribution in [0.2, 0.25) is 0 Å². The van der Waals surface area contributed by atoms with Crippen LogP contribution in [0.5, 0.6) is 0 Å². The lowest BCUT2D eigenvalue weighted by Crippen LogP contribution is -2.37. The van der Waals surface area contributed by atoms with E-state index in [0.29, 0.717) is 25.4 Å². The maximum Gasteiger partial charge on any atom is 0.311 e. The molecule has 24 heavy (non-hydrogen) atoms. The maximum absolute atomic E-state index is 12.9. The third-order valence-corrected chi connectivity index (χ3v) is 6.56. The molecule has 1 unspecified atom stereocenters. The molecule has 0 radical (unpaired) electrons. The molecule has 4 rings (SSSR count). The zero-order valence-corrected chi connectivity index (χ0v) is 14.0. The van der Waals surface area contributed by atoms with Gasteiger partial charge in [-0.1, -0.05) is 30.7 Å². The van der Waals surface area contributed by atoms with Crippen LogP contribution in [0.25, 0.3) is 0 Å². The van der Waals surface area contributed by atoms with Gasteiger partial charge in [0, 0.05) is 19.5 Å². The first-order valence-corrected chi connectivity index (χ1v) is 9.19. The number of amides is 1. The molecule has 0 aromatic heterocycles. The number of carboxylic acids is 1. The molecule has 3 aliphatic rings. The number of aryl methyl sites for hydroxylation is 1. The molecular formula is C20H25NO3. The van der Waals surface area contributed by atoms with Crippen LogP contribution in [-0.2, 0) is 16.0 Å². The smallest absolute Gasteiger partial charge is 0.311 e. The van der Waals surface area contributed by atoms with Crippen LogP contribution in [0.4, 0.5) is 0 Å². The molecule has 4 heteroatoms. The lowest BCUT2D eigenvalue weighted by Gasteiger charge is -2.28. The normalized spacial score (nSPS) is 31.6. The van der Waals surface area contributed by atoms with Crippen LogP contribution in [0, 0.1) is 11.3 Å². The summed E-state index contributed by atoms with van der Waals surface area (Å²) in [5.41, 5.74) is 2.03. The Hall–Kier alpha value is -1.84. The number of carbonyl (C=O) groups is 2. The van der Waals surface area contributed by atoms with Gasteiger partial charge in [-0.25, -0.2) is 0 Å². The topological polar surface area (TPSA) is 57.6 Å². The van der Waals surface area contributed by atoms with E-state index in [1.807, 2.05) is 4.90 Å². The first-order valence-electron chi connectivity index (χ1n) is 9.19. The van der Waals surface area contributed by atoms with Gasteiger partial charge in [-0.2, -0.15) is 0 Å². The van der Waals surface area contributed by atoms with Gasteiger partial charge in [-0.05, 0) is 55.1 Å². The number of nitrogens with zero attached hydrogens (tertiary/aromatic N) is 1. The summed E-state index contributed by atoms with van der Waals surface area (Å²) in [5, 5.41) is 9.69. The van der Waals surface area contributed by atoms with Crippen LogP contribution in [0.15, 0.2) is 24.3 Å². The van der Waals surface area contributed by atoms with Gasteiger partial charge in [0.15, 0.2) is 0 Å². The Balaban J connectivity index is 1.48. The lowest BCUT2D eigenvalue weighted by molar-refractivity contribution is -0.149. The minimum absolute atomic E-state index is 0.145. The van der Waals surface area contributed by atoms with Crippen molar-refractivity contribution >= 4 is 11.9 Å². The van der Waals surface area contributed by atoms with E-state index in [4.69, 9.17) is 0 Å². The first-order chi connectivity index (χ1) is 11.6. The van der Waals surface area contributed by atoms with E-state index in [2.05, 4.69) is 24.3 Å². The zero-order chi connectivity index (χ0) is 16.7. The number of carbonyl (C=O) groups excluding carboxylic acids is 1. The van der Waals surface area contributed by atoms with E-state index in [1.165, 1.54) is 11.1 Å². The van der Waals surface area contributed by atoms with Crippen molar-refractivity contribution in [3.05, 3.63) is 35.4 Å². The van der Waals surface area contributed by atoms with Crippen LogP contribution in [0.1, 0.15) is 55.6 Å². The molecule has 1 aromatic carbocycles. The molecular weight excluding hydrogens is 302 g/mol. The Morgan fingerprint density at radius 1 is 1.21 bits per heavy atom. The monoisotopic (exact) mass is 327 g/mol. The molecule has 1 heterocycles. The summed E-state index contributed by atoms with van der Waals surface area (Å²) in [7, 11) is 0. The fourth-order valence-corrected chi connectivity index (χ4v) is 5.24. The summed E-state index contributed by atoms with van der Waals surface area (Å²) in [6.45, 7) is 1.06. The summed E-state index contributed by atoms with van der Waals surface area (Å²) in [5.74, 6) is -0.115.